The van der Waals surface area contributed by atoms with Crippen LogP contribution in [0.1, 0.15) is 5.56 Å². The SMILES string of the molecule is CN(Cc1ccc(N2CCN(c3ncccn3)CC2)cc1)C[C@H](NS(=O)(=O)c1ccccc1)C(=O)O. The molecule has 0 spiro atoms. The number of hydrogen-bond donors (Lipinski definition) is 2. The number of carbonyl (C=O) groups is 1. The van der Waals surface area contributed by atoms with Crippen LogP contribution in [-0.2, 0) is 21.4 Å². The molecule has 0 saturated carbocycles. The van der Waals surface area contributed by atoms with E-state index in [0.29, 0.717) is 6.54 Å². The van der Waals surface area contributed by atoms with Crippen LogP contribution in [-0.4, -0.2) is 80.2 Å². The van der Waals surface area contributed by atoms with Gasteiger partial charge in [0.15, 0.2) is 0 Å². The van der Waals surface area contributed by atoms with E-state index in [0.717, 1.165) is 43.4 Å². The zero-order chi connectivity index (χ0) is 25.5. The Hall–Kier alpha value is -3.54. The van der Waals surface area contributed by atoms with Crippen LogP contribution in [0.25, 0.3) is 0 Å². The van der Waals surface area contributed by atoms with E-state index in [1.807, 2.05) is 18.2 Å². The summed E-state index contributed by atoms with van der Waals surface area (Å²) in [5.41, 5.74) is 2.13. The van der Waals surface area contributed by atoms with Crippen LogP contribution in [0.4, 0.5) is 11.6 Å². The van der Waals surface area contributed by atoms with E-state index in [1.165, 1.54) is 12.1 Å². The smallest absolute Gasteiger partial charge is 0.323 e. The Morgan fingerprint density at radius 3 is 2.19 bits per heavy atom. The molecule has 0 amide bonds. The zero-order valence-electron chi connectivity index (χ0n) is 20.1. The van der Waals surface area contributed by atoms with Crippen molar-refractivity contribution in [3.63, 3.8) is 0 Å². The largest absolute Gasteiger partial charge is 0.480 e. The zero-order valence-corrected chi connectivity index (χ0v) is 20.9. The summed E-state index contributed by atoms with van der Waals surface area (Å²) in [7, 11) is -2.17. The Morgan fingerprint density at radius 2 is 1.58 bits per heavy atom. The van der Waals surface area contributed by atoms with E-state index in [9.17, 15) is 18.3 Å². The van der Waals surface area contributed by atoms with Crippen molar-refractivity contribution < 1.29 is 18.3 Å². The first-order chi connectivity index (χ1) is 17.3. The molecule has 0 aliphatic carbocycles. The molecule has 0 unspecified atom stereocenters. The molecule has 190 valence electrons. The predicted molar refractivity (Wildman–Crippen MR) is 137 cm³/mol. The molecule has 4 rings (SSSR count). The van der Waals surface area contributed by atoms with Gasteiger partial charge in [-0.15, -0.1) is 0 Å². The number of anilines is 2. The van der Waals surface area contributed by atoms with Gasteiger partial charge in [0.1, 0.15) is 6.04 Å². The van der Waals surface area contributed by atoms with Crippen molar-refractivity contribution in [1.82, 2.24) is 19.6 Å². The highest BCUT2D eigenvalue weighted by molar-refractivity contribution is 7.89. The third-order valence-electron chi connectivity index (χ3n) is 6.01. The van der Waals surface area contributed by atoms with E-state index >= 15 is 0 Å². The Kier molecular flexibility index (Phi) is 8.14. The van der Waals surface area contributed by atoms with E-state index in [2.05, 4.69) is 36.6 Å². The lowest BCUT2D eigenvalue weighted by Gasteiger charge is -2.36. The highest BCUT2D eigenvalue weighted by atomic mass is 32.2. The number of sulfonamides is 1. The Morgan fingerprint density at radius 1 is 0.972 bits per heavy atom. The van der Waals surface area contributed by atoms with Gasteiger partial charge in [0.25, 0.3) is 0 Å². The Bertz CT molecular complexity index is 1230. The Labute approximate surface area is 211 Å². The second-order valence-electron chi connectivity index (χ2n) is 8.71. The molecule has 36 heavy (non-hydrogen) atoms. The monoisotopic (exact) mass is 510 g/mol. The highest BCUT2D eigenvalue weighted by Gasteiger charge is 2.26. The minimum atomic E-state index is -3.94. The topological polar surface area (TPSA) is 119 Å². The molecule has 1 atom stereocenters. The second kappa shape index (κ2) is 11.5. The maximum Gasteiger partial charge on any atom is 0.323 e. The van der Waals surface area contributed by atoms with Gasteiger partial charge in [-0.1, -0.05) is 30.3 Å². The normalized spacial score (nSPS) is 15.2. The van der Waals surface area contributed by atoms with Crippen LogP contribution < -0.4 is 14.5 Å². The van der Waals surface area contributed by atoms with E-state index in [-0.39, 0.29) is 11.4 Å². The molecule has 1 aliphatic rings. The van der Waals surface area contributed by atoms with Gasteiger partial charge in [0.2, 0.25) is 16.0 Å². The number of nitrogens with zero attached hydrogens (tertiary/aromatic N) is 5. The third-order valence-corrected chi connectivity index (χ3v) is 7.50. The van der Waals surface area contributed by atoms with E-state index in [4.69, 9.17) is 0 Å². The van der Waals surface area contributed by atoms with Crippen molar-refractivity contribution in [3.05, 3.63) is 78.6 Å². The maximum atomic E-state index is 12.6. The van der Waals surface area contributed by atoms with Gasteiger partial charge in [0, 0.05) is 57.3 Å². The van der Waals surface area contributed by atoms with Gasteiger partial charge in [-0.25, -0.2) is 18.4 Å². The summed E-state index contributed by atoms with van der Waals surface area (Å²) in [6, 6.07) is 16.4. The van der Waals surface area contributed by atoms with Gasteiger partial charge in [-0.2, -0.15) is 4.72 Å². The van der Waals surface area contributed by atoms with Gasteiger partial charge in [-0.3, -0.25) is 9.69 Å². The molecule has 2 N–H and O–H groups in total. The minimum Gasteiger partial charge on any atom is -0.480 e. The van der Waals surface area contributed by atoms with Crippen LogP contribution in [0.5, 0.6) is 0 Å². The Balaban J connectivity index is 1.31. The summed E-state index contributed by atoms with van der Waals surface area (Å²) in [4.78, 5) is 26.7. The van der Waals surface area contributed by atoms with Crippen LogP contribution in [0.3, 0.4) is 0 Å². The third kappa shape index (κ3) is 6.56. The molecule has 1 aliphatic heterocycles. The molecule has 1 saturated heterocycles. The number of piperazine rings is 1. The number of aliphatic carboxylic acids is 1. The maximum absolute atomic E-state index is 12.6. The van der Waals surface area contributed by atoms with Crippen molar-refractivity contribution in [2.45, 2.75) is 17.5 Å². The van der Waals surface area contributed by atoms with Gasteiger partial charge in [0.05, 0.1) is 4.90 Å². The summed E-state index contributed by atoms with van der Waals surface area (Å²) in [5, 5.41) is 9.60. The van der Waals surface area contributed by atoms with Crippen molar-refractivity contribution in [3.8, 4) is 0 Å². The number of carboxylic acids is 1. The molecular weight excluding hydrogens is 480 g/mol. The first kappa shape index (κ1) is 25.5. The fourth-order valence-electron chi connectivity index (χ4n) is 4.14. The number of likely N-dealkylation sites (N-methyl/N-ethyl adjacent to an activating group) is 1. The standard InChI is InChI=1S/C25H30N6O4S/c1-29(19-23(24(32)33)28-36(34,35)22-6-3-2-4-7-22)18-20-8-10-21(11-9-20)30-14-16-31(17-15-30)25-26-12-5-13-27-25/h2-13,23,28H,14-19H2,1H3,(H,32,33)/t23-/m0/s1. The summed E-state index contributed by atoms with van der Waals surface area (Å²) < 4.78 is 27.4. The number of aromatic nitrogens is 2. The van der Waals surface area contributed by atoms with Crippen LogP contribution >= 0.6 is 0 Å². The van der Waals surface area contributed by atoms with Crippen molar-refractivity contribution in [2.24, 2.45) is 0 Å². The number of benzene rings is 2. The summed E-state index contributed by atoms with van der Waals surface area (Å²) in [5.74, 6) is -0.474. The van der Waals surface area contributed by atoms with Crippen LogP contribution in [0, 0.1) is 0 Å². The molecule has 0 bridgehead atoms. The lowest BCUT2D eigenvalue weighted by Crippen LogP contribution is -2.47. The number of rotatable bonds is 10. The molecule has 1 fully saturated rings. The summed E-state index contributed by atoms with van der Waals surface area (Å²) >= 11 is 0. The lowest BCUT2D eigenvalue weighted by molar-refractivity contribution is -0.139. The molecule has 0 radical (unpaired) electrons. The molecular formula is C25H30N6O4S. The molecule has 10 nitrogen and oxygen atoms in total. The van der Waals surface area contributed by atoms with E-state index < -0.39 is 22.0 Å². The summed E-state index contributed by atoms with van der Waals surface area (Å²) in [6.45, 7) is 3.90. The average molecular weight is 511 g/mol. The van der Waals surface area contributed by atoms with Gasteiger partial charge < -0.3 is 14.9 Å². The second-order valence-corrected chi connectivity index (χ2v) is 10.4. The van der Waals surface area contributed by atoms with E-state index in [1.54, 1.807) is 42.5 Å². The average Bonchev–Trinajstić information content (AvgIpc) is 2.90. The molecule has 3 aromatic rings. The molecule has 2 heterocycles. The van der Waals surface area contributed by atoms with Crippen LogP contribution in [0.2, 0.25) is 0 Å². The fourth-order valence-corrected chi connectivity index (χ4v) is 5.34. The first-order valence-electron chi connectivity index (χ1n) is 11.7. The number of nitrogens with one attached hydrogen (secondary N) is 1. The minimum absolute atomic E-state index is 0.0205. The van der Waals surface area contributed by atoms with Crippen molar-refractivity contribution >= 4 is 27.6 Å². The molecule has 11 heteroatoms. The predicted octanol–water partition coefficient (Wildman–Crippen LogP) is 1.67. The van der Waals surface area contributed by atoms with Crippen molar-refractivity contribution in [1.29, 1.82) is 0 Å². The molecule has 1 aromatic heterocycles. The van der Waals surface area contributed by atoms with Crippen molar-refractivity contribution in [2.75, 3.05) is 49.6 Å². The van der Waals surface area contributed by atoms with Gasteiger partial charge in [-0.05, 0) is 42.9 Å². The lowest BCUT2D eigenvalue weighted by atomic mass is 10.1. The number of hydrogen-bond acceptors (Lipinski definition) is 8. The molecule has 2 aromatic carbocycles. The highest BCUT2D eigenvalue weighted by Crippen LogP contribution is 2.19. The van der Waals surface area contributed by atoms with Gasteiger partial charge >= 0.3 is 5.97 Å². The summed E-state index contributed by atoms with van der Waals surface area (Å²) in [6.07, 6.45) is 3.50. The quantitative estimate of drug-likeness (QED) is 0.420. The fraction of sp³-hybridized carbons (Fsp3) is 0.320. The van der Waals surface area contributed by atoms with Crippen LogP contribution in [0.15, 0.2) is 78.0 Å². The first-order valence-corrected chi connectivity index (χ1v) is 13.1. The number of carboxylic acid groups (broad SMARTS) is 1.